The van der Waals surface area contributed by atoms with Crippen molar-refractivity contribution in [2.75, 3.05) is 46.6 Å². The summed E-state index contributed by atoms with van der Waals surface area (Å²) in [5.74, 6) is -1.48. The molecule has 0 aliphatic carbocycles. The lowest BCUT2D eigenvalue weighted by Gasteiger charge is -2.32. The minimum absolute atomic E-state index is 0.0343. The Morgan fingerprint density at radius 1 is 1.06 bits per heavy atom. The SMILES string of the molecule is C=CCOC1C[C@H](N2C=C(/C=C/CNCC(=O)COC(COc3cccc(C(=O)NC)c3)C(=O)OCc3ccccc3)C3C(N)=NC=NC32)O[C@@H]1COP(=O)(O)OP(=O)(O)OP(=O)(O)O. The van der Waals surface area contributed by atoms with Crippen LogP contribution in [-0.2, 0) is 62.0 Å². The van der Waals surface area contributed by atoms with Crippen molar-refractivity contribution in [2.45, 2.75) is 43.7 Å². The Morgan fingerprint density at radius 2 is 1.83 bits per heavy atom. The molecule has 2 aromatic rings. The van der Waals surface area contributed by atoms with Gasteiger partial charge in [-0.15, -0.1) is 6.58 Å². The number of esters is 1. The van der Waals surface area contributed by atoms with E-state index in [0.29, 0.717) is 16.9 Å². The number of rotatable bonds is 26. The zero-order chi connectivity index (χ0) is 47.2. The second-order valence-corrected chi connectivity index (χ2v) is 18.5. The van der Waals surface area contributed by atoms with Crippen molar-refractivity contribution in [3.8, 4) is 5.75 Å². The molecule has 5 rings (SSSR count). The lowest BCUT2D eigenvalue weighted by Crippen LogP contribution is -2.44. The fourth-order valence-electron chi connectivity index (χ4n) is 6.46. The van der Waals surface area contributed by atoms with Crippen molar-refractivity contribution in [1.82, 2.24) is 15.5 Å². The van der Waals surface area contributed by atoms with E-state index in [4.69, 9.17) is 43.7 Å². The van der Waals surface area contributed by atoms with Crippen molar-refractivity contribution in [2.24, 2.45) is 21.6 Å². The molecule has 0 spiro atoms. The highest BCUT2D eigenvalue weighted by atomic mass is 31.3. The smallest absolute Gasteiger partial charge is 0.490 e. The summed E-state index contributed by atoms with van der Waals surface area (Å²) in [6.45, 7) is 2.16. The zero-order valence-electron chi connectivity index (χ0n) is 34.7. The number of aliphatic imine (C=N–C) groups is 2. The second kappa shape index (κ2) is 23.6. The number of phosphoric acid groups is 3. The van der Waals surface area contributed by atoms with Gasteiger partial charge in [-0.05, 0) is 29.3 Å². The number of ketones is 1. The van der Waals surface area contributed by atoms with Gasteiger partial charge in [0.15, 0.2) is 11.9 Å². The Labute approximate surface area is 372 Å². The van der Waals surface area contributed by atoms with Gasteiger partial charge in [-0.2, -0.15) is 8.62 Å². The van der Waals surface area contributed by atoms with Gasteiger partial charge in [-0.3, -0.25) is 14.1 Å². The Morgan fingerprint density at radius 3 is 2.55 bits per heavy atom. The molecule has 3 aliphatic heterocycles. The van der Waals surface area contributed by atoms with Crippen molar-refractivity contribution in [1.29, 1.82) is 0 Å². The number of fused-ring (bicyclic) bond motifs is 1. The number of hydrogen-bond donors (Lipinski definition) is 7. The van der Waals surface area contributed by atoms with Crippen LogP contribution in [-0.4, -0.2) is 132 Å². The molecule has 1 fully saturated rings. The van der Waals surface area contributed by atoms with Crippen LogP contribution in [0.25, 0.3) is 0 Å². The molecule has 8 atom stereocenters. The number of nitrogens with one attached hydrogen (secondary N) is 2. The number of phosphoric ester groups is 1. The Kier molecular flexibility index (Phi) is 18.6. The number of hydrogen-bond acceptors (Lipinski definition) is 19. The number of Topliss-reactive ketones (excluding diaryl/α,β-unsaturated/α-hetero) is 1. The summed E-state index contributed by atoms with van der Waals surface area (Å²) in [6, 6.07) is 15.3. The van der Waals surface area contributed by atoms with Crippen molar-refractivity contribution in [3.05, 3.63) is 102 Å². The fraction of sp³-hybridized carbons (Fsp3) is 0.395. The van der Waals surface area contributed by atoms with Crippen molar-refractivity contribution < 1.29 is 84.5 Å². The standard InChI is InChI=1S/C38H49N6O18P3/c1-3-15-55-30-17-33(60-31(30)23-59-64(51,52)62-65(53,54)61-63(48,49)50)44-19-27(34-35(39)42-24-43-36(34)44)12-8-14-41-18-28(45)21-57-32(38(47)58-20-25-9-5-4-6-10-25)22-56-29-13-7-11-26(16-29)37(46)40-2/h3-13,16,19,24,30-34,36,41H,1,14-15,17-18,20-23H2,2H3,(H,40,46)(H,51,52)(H,53,54)(H2,39,42,43)(H2,48,49,50)/b12-8+/t30?,31-,32?,33-,34?,36?/m1/s1. The zero-order valence-corrected chi connectivity index (χ0v) is 37.4. The van der Waals surface area contributed by atoms with Gasteiger partial charge < -0.3 is 64.5 Å². The molecule has 2 aromatic carbocycles. The van der Waals surface area contributed by atoms with E-state index in [1.807, 2.05) is 6.07 Å². The highest BCUT2D eigenvalue weighted by Gasteiger charge is 2.48. The number of allylic oxidation sites excluding steroid dienone is 1. The first-order valence-corrected chi connectivity index (χ1v) is 24.1. The van der Waals surface area contributed by atoms with Crippen LogP contribution in [0.4, 0.5) is 0 Å². The molecule has 3 aliphatic rings. The quantitative estimate of drug-likeness (QED) is 0.0306. The molecule has 0 aromatic heterocycles. The van der Waals surface area contributed by atoms with Crippen LogP contribution in [0.5, 0.6) is 5.75 Å². The third-order valence-corrected chi connectivity index (χ3v) is 13.1. The third-order valence-electron chi connectivity index (χ3n) is 9.32. The first kappa shape index (κ1) is 51.2. The molecule has 27 heteroatoms. The van der Waals surface area contributed by atoms with E-state index in [9.17, 15) is 37.9 Å². The molecule has 354 valence electrons. The maximum Gasteiger partial charge on any atom is 0.490 e. The van der Waals surface area contributed by atoms with Crippen molar-refractivity contribution >= 4 is 53.3 Å². The summed E-state index contributed by atoms with van der Waals surface area (Å²) in [5, 5.41) is 5.52. The summed E-state index contributed by atoms with van der Waals surface area (Å²) >= 11 is 0. The lowest BCUT2D eigenvalue weighted by molar-refractivity contribution is -0.161. The first-order valence-electron chi connectivity index (χ1n) is 19.5. The number of amides is 1. The molecule has 3 heterocycles. The Hall–Kier alpha value is -4.74. The molecular weight excluding hydrogens is 921 g/mol. The second-order valence-electron chi connectivity index (χ2n) is 14.1. The van der Waals surface area contributed by atoms with E-state index in [0.717, 1.165) is 5.56 Å². The fourth-order valence-corrected chi connectivity index (χ4v) is 9.49. The molecule has 8 N–H and O–H groups in total. The number of carbonyl (C=O) groups excluding carboxylic acids is 3. The topological polar surface area (TPSA) is 335 Å². The normalized spacial score (nSPS) is 22.8. The number of carbonyl (C=O) groups is 3. The molecule has 24 nitrogen and oxygen atoms in total. The average molecular weight is 971 g/mol. The van der Waals surface area contributed by atoms with Gasteiger partial charge >= 0.3 is 29.4 Å². The minimum atomic E-state index is -5.75. The van der Waals surface area contributed by atoms with Gasteiger partial charge in [0.25, 0.3) is 5.91 Å². The van der Waals surface area contributed by atoms with E-state index in [1.165, 1.54) is 25.5 Å². The highest BCUT2D eigenvalue weighted by Crippen LogP contribution is 2.66. The van der Waals surface area contributed by atoms with Crippen molar-refractivity contribution in [3.63, 3.8) is 0 Å². The highest BCUT2D eigenvalue weighted by molar-refractivity contribution is 7.66. The number of amidine groups is 1. The summed E-state index contributed by atoms with van der Waals surface area (Å²) < 4.78 is 76.5. The van der Waals surface area contributed by atoms with Crippen LogP contribution >= 0.6 is 23.5 Å². The molecule has 0 radical (unpaired) electrons. The summed E-state index contributed by atoms with van der Waals surface area (Å²) in [4.78, 5) is 85.6. The van der Waals surface area contributed by atoms with E-state index in [1.54, 1.807) is 65.7 Å². The van der Waals surface area contributed by atoms with Crippen LogP contribution < -0.4 is 21.1 Å². The maximum absolute atomic E-state index is 13.1. The van der Waals surface area contributed by atoms with Crippen LogP contribution in [0.2, 0.25) is 0 Å². The Bertz CT molecular complexity index is 2280. The van der Waals surface area contributed by atoms with Gasteiger partial charge in [0, 0.05) is 31.8 Å². The minimum Gasteiger partial charge on any atom is -0.490 e. The van der Waals surface area contributed by atoms with Crippen LogP contribution in [0.15, 0.2) is 101 Å². The number of nitrogens with zero attached hydrogens (tertiary/aromatic N) is 3. The van der Waals surface area contributed by atoms with Gasteiger partial charge in [0.2, 0.25) is 0 Å². The summed E-state index contributed by atoms with van der Waals surface area (Å²) in [5.41, 5.74) is 8.05. The van der Waals surface area contributed by atoms with Gasteiger partial charge in [0.05, 0.1) is 31.8 Å². The largest absolute Gasteiger partial charge is 0.490 e. The average Bonchev–Trinajstić information content (AvgIpc) is 3.84. The van der Waals surface area contributed by atoms with Crippen LogP contribution in [0.1, 0.15) is 22.3 Å². The Balaban J connectivity index is 1.16. The monoisotopic (exact) mass is 970 g/mol. The molecule has 0 bridgehead atoms. The molecule has 65 heavy (non-hydrogen) atoms. The van der Waals surface area contributed by atoms with Crippen LogP contribution in [0, 0.1) is 5.92 Å². The van der Waals surface area contributed by atoms with Crippen LogP contribution in [0.3, 0.4) is 0 Å². The van der Waals surface area contributed by atoms with Gasteiger partial charge in [0.1, 0.15) is 56.2 Å². The van der Waals surface area contributed by atoms with E-state index in [2.05, 4.69) is 35.8 Å². The van der Waals surface area contributed by atoms with E-state index >= 15 is 0 Å². The number of ether oxygens (including phenoxy) is 5. The molecule has 6 unspecified atom stereocenters. The first-order chi connectivity index (χ1) is 30.9. The predicted octanol–water partition coefficient (Wildman–Crippen LogP) is 1.84. The van der Waals surface area contributed by atoms with Gasteiger partial charge in [-0.1, -0.05) is 54.6 Å². The third kappa shape index (κ3) is 16.0. The summed E-state index contributed by atoms with van der Waals surface area (Å²) in [7, 11) is -15.3. The predicted molar refractivity (Wildman–Crippen MR) is 229 cm³/mol. The summed E-state index contributed by atoms with van der Waals surface area (Å²) in [6.07, 6.45) is 3.49. The lowest BCUT2D eigenvalue weighted by atomic mass is 9.97. The molecule has 1 saturated heterocycles. The maximum atomic E-state index is 13.1. The number of benzene rings is 2. The molecule has 0 saturated carbocycles. The molecular formula is C38H49N6O18P3. The van der Waals surface area contributed by atoms with E-state index in [-0.39, 0.29) is 56.9 Å². The number of nitrogens with two attached hydrogens (primary N) is 1. The molecule has 1 amide bonds. The van der Waals surface area contributed by atoms with Gasteiger partial charge in [-0.25, -0.2) is 28.5 Å². The van der Waals surface area contributed by atoms with E-state index < -0.39 is 79.3 Å².